The molecule has 0 aliphatic rings. The van der Waals surface area contributed by atoms with Crippen LogP contribution in [0.1, 0.15) is 32.6 Å². The Morgan fingerprint density at radius 3 is 2.35 bits per heavy atom. The van der Waals surface area contributed by atoms with Crippen molar-refractivity contribution in [2.75, 3.05) is 35.7 Å². The van der Waals surface area contributed by atoms with Crippen LogP contribution in [0.2, 0.25) is 0 Å². The van der Waals surface area contributed by atoms with Gasteiger partial charge in [0.1, 0.15) is 0 Å². The van der Waals surface area contributed by atoms with Gasteiger partial charge in [0.2, 0.25) is 0 Å². The molecule has 1 aromatic heterocycles. The Bertz CT molecular complexity index is 402. The molecule has 0 spiro atoms. The highest BCUT2D eigenvalue weighted by Gasteiger charge is 2.10. The zero-order valence-electron chi connectivity index (χ0n) is 12.1. The normalized spacial score (nSPS) is 10.6. The molecule has 1 heterocycles. The van der Waals surface area contributed by atoms with Crippen LogP contribution in [-0.2, 0) is 0 Å². The lowest BCUT2D eigenvalue weighted by molar-refractivity contribution is 0.577. The van der Waals surface area contributed by atoms with Gasteiger partial charge < -0.3 is 10.6 Å². The van der Waals surface area contributed by atoms with E-state index in [2.05, 4.69) is 21.9 Å². The van der Waals surface area contributed by atoms with Crippen LogP contribution in [-0.4, -0.2) is 30.1 Å². The van der Waals surface area contributed by atoms with Crippen molar-refractivity contribution in [3.05, 3.63) is 17.7 Å². The summed E-state index contributed by atoms with van der Waals surface area (Å²) in [6.45, 7) is 3.04. The van der Waals surface area contributed by atoms with Crippen molar-refractivity contribution in [2.24, 2.45) is 0 Å². The molecule has 1 aromatic rings. The summed E-state index contributed by atoms with van der Waals surface area (Å²) in [6.07, 6.45) is 6.58. The lowest BCUT2D eigenvalue weighted by atomic mass is 10.2. The minimum Gasteiger partial charge on any atom is -0.368 e. The summed E-state index contributed by atoms with van der Waals surface area (Å²) >= 11 is 1.85. The molecule has 20 heavy (non-hydrogen) atoms. The van der Waals surface area contributed by atoms with Crippen molar-refractivity contribution in [3.63, 3.8) is 0 Å². The summed E-state index contributed by atoms with van der Waals surface area (Å²) in [5, 5.41) is 5.70. The van der Waals surface area contributed by atoms with E-state index in [0.29, 0.717) is 13.1 Å². The van der Waals surface area contributed by atoms with Crippen LogP contribution in [0.3, 0.4) is 0 Å². The van der Waals surface area contributed by atoms with Crippen LogP contribution < -0.4 is 10.6 Å². The van der Waals surface area contributed by atoms with E-state index in [1.54, 1.807) is 0 Å². The van der Waals surface area contributed by atoms with Gasteiger partial charge >= 0.3 is 0 Å². The second kappa shape index (κ2) is 9.80. The second-order valence-electron chi connectivity index (χ2n) is 4.51. The van der Waals surface area contributed by atoms with Gasteiger partial charge in [-0.2, -0.15) is 11.8 Å². The van der Waals surface area contributed by atoms with Crippen LogP contribution in [0.25, 0.3) is 0 Å². The van der Waals surface area contributed by atoms with E-state index in [1.165, 1.54) is 18.6 Å². The van der Waals surface area contributed by atoms with Crippen LogP contribution in [0, 0.1) is 11.6 Å². The molecule has 0 amide bonds. The maximum absolute atomic E-state index is 13.6. The molecular formula is C14H23F2N3S. The van der Waals surface area contributed by atoms with Crippen molar-refractivity contribution in [3.8, 4) is 0 Å². The highest BCUT2D eigenvalue weighted by Crippen LogP contribution is 2.19. The first-order chi connectivity index (χ1) is 9.69. The van der Waals surface area contributed by atoms with Crippen LogP contribution in [0.4, 0.5) is 20.4 Å². The van der Waals surface area contributed by atoms with Gasteiger partial charge in [-0.3, -0.25) is 0 Å². The molecule has 3 nitrogen and oxygen atoms in total. The van der Waals surface area contributed by atoms with Crippen molar-refractivity contribution < 1.29 is 8.78 Å². The molecule has 0 saturated carbocycles. The number of halogens is 2. The monoisotopic (exact) mass is 303 g/mol. The smallest absolute Gasteiger partial charge is 0.168 e. The first-order valence-electron chi connectivity index (χ1n) is 7.01. The Morgan fingerprint density at radius 1 is 1.05 bits per heavy atom. The zero-order valence-corrected chi connectivity index (χ0v) is 13.0. The molecule has 6 heteroatoms. The topological polar surface area (TPSA) is 37.0 Å². The van der Waals surface area contributed by atoms with Gasteiger partial charge in [0.05, 0.1) is 0 Å². The van der Waals surface area contributed by atoms with Crippen LogP contribution in [0.15, 0.2) is 6.07 Å². The van der Waals surface area contributed by atoms with E-state index < -0.39 is 11.6 Å². The second-order valence-corrected chi connectivity index (χ2v) is 5.50. The fourth-order valence-corrected chi connectivity index (χ4v) is 2.31. The average Bonchev–Trinajstić information content (AvgIpc) is 2.42. The molecule has 0 saturated heterocycles. The highest BCUT2D eigenvalue weighted by atomic mass is 32.2. The van der Waals surface area contributed by atoms with E-state index >= 15 is 0 Å². The molecule has 0 unspecified atom stereocenters. The molecule has 0 bridgehead atoms. The predicted molar refractivity (Wildman–Crippen MR) is 83.7 cm³/mol. The maximum Gasteiger partial charge on any atom is 0.168 e. The third-order valence-electron chi connectivity index (χ3n) is 2.84. The number of pyridine rings is 1. The van der Waals surface area contributed by atoms with Gasteiger partial charge in [-0.05, 0) is 31.8 Å². The van der Waals surface area contributed by atoms with Crippen molar-refractivity contribution in [2.45, 2.75) is 32.6 Å². The van der Waals surface area contributed by atoms with Gasteiger partial charge in [0.15, 0.2) is 23.3 Å². The minimum absolute atomic E-state index is 0.0939. The Hall–Kier alpha value is -1.04. The summed E-state index contributed by atoms with van der Waals surface area (Å²) in [5.41, 5.74) is 0. The standard InChI is InChI=1S/C14H23F2N3S/c1-3-17-13-11(15)10-12(16)14(19-13)18-8-6-4-5-7-9-20-2/h10H,3-9H2,1-2H3,(H2,17,18,19). The van der Waals surface area contributed by atoms with E-state index in [-0.39, 0.29) is 11.6 Å². The van der Waals surface area contributed by atoms with E-state index in [9.17, 15) is 8.78 Å². The Morgan fingerprint density at radius 2 is 1.70 bits per heavy atom. The van der Waals surface area contributed by atoms with Gasteiger partial charge in [-0.25, -0.2) is 13.8 Å². The number of anilines is 2. The number of rotatable bonds is 10. The van der Waals surface area contributed by atoms with E-state index in [0.717, 1.165) is 18.9 Å². The lowest BCUT2D eigenvalue weighted by Crippen LogP contribution is -2.09. The third kappa shape index (κ3) is 5.94. The first kappa shape index (κ1) is 17.0. The molecule has 0 fully saturated rings. The van der Waals surface area contributed by atoms with Gasteiger partial charge in [-0.1, -0.05) is 12.8 Å². The molecule has 1 rings (SSSR count). The number of nitrogens with one attached hydrogen (secondary N) is 2. The van der Waals surface area contributed by atoms with Gasteiger partial charge in [0, 0.05) is 19.2 Å². The number of hydrogen-bond donors (Lipinski definition) is 2. The summed E-state index contributed by atoms with van der Waals surface area (Å²) < 4.78 is 26.9. The minimum atomic E-state index is -0.660. The van der Waals surface area contributed by atoms with Crippen molar-refractivity contribution >= 4 is 23.4 Å². The Kier molecular flexibility index (Phi) is 8.34. The third-order valence-corrected chi connectivity index (χ3v) is 3.54. The SMILES string of the molecule is CCNc1nc(NCCCCCCSC)c(F)cc1F. The van der Waals surface area contributed by atoms with Gasteiger partial charge in [0.25, 0.3) is 0 Å². The quantitative estimate of drug-likeness (QED) is 0.637. The summed E-state index contributed by atoms with van der Waals surface area (Å²) in [7, 11) is 0. The molecule has 0 radical (unpaired) electrons. The maximum atomic E-state index is 13.6. The molecule has 0 aliphatic heterocycles. The first-order valence-corrected chi connectivity index (χ1v) is 8.41. The lowest BCUT2D eigenvalue weighted by Gasteiger charge is -2.10. The zero-order chi connectivity index (χ0) is 14.8. The number of aromatic nitrogens is 1. The molecule has 2 N–H and O–H groups in total. The average molecular weight is 303 g/mol. The largest absolute Gasteiger partial charge is 0.368 e. The molecule has 0 aliphatic carbocycles. The summed E-state index contributed by atoms with van der Waals surface area (Å²) in [5.74, 6) is 0.0921. The van der Waals surface area contributed by atoms with E-state index in [4.69, 9.17) is 0 Å². The Labute approximate surface area is 123 Å². The fourth-order valence-electron chi connectivity index (χ4n) is 1.81. The molecule has 0 atom stereocenters. The van der Waals surface area contributed by atoms with Crippen LogP contribution >= 0.6 is 11.8 Å². The number of thioether (sulfide) groups is 1. The predicted octanol–water partition coefficient (Wildman–Crippen LogP) is 4.13. The van der Waals surface area contributed by atoms with Crippen molar-refractivity contribution in [1.82, 2.24) is 4.98 Å². The molecule has 114 valence electrons. The number of hydrogen-bond acceptors (Lipinski definition) is 4. The summed E-state index contributed by atoms with van der Waals surface area (Å²) in [4.78, 5) is 3.93. The van der Waals surface area contributed by atoms with Crippen molar-refractivity contribution in [1.29, 1.82) is 0 Å². The molecule has 0 aromatic carbocycles. The highest BCUT2D eigenvalue weighted by molar-refractivity contribution is 7.98. The number of unbranched alkanes of at least 4 members (excludes halogenated alkanes) is 3. The molecular weight excluding hydrogens is 280 g/mol. The van der Waals surface area contributed by atoms with Gasteiger partial charge in [-0.15, -0.1) is 0 Å². The fraction of sp³-hybridized carbons (Fsp3) is 0.643. The van der Waals surface area contributed by atoms with E-state index in [1.807, 2.05) is 18.7 Å². The van der Waals surface area contributed by atoms with Crippen LogP contribution in [0.5, 0.6) is 0 Å². The summed E-state index contributed by atoms with van der Waals surface area (Å²) in [6, 6.07) is 0.867. The number of nitrogens with zero attached hydrogens (tertiary/aromatic N) is 1. The Balaban J connectivity index is 2.37.